The zero-order valence-electron chi connectivity index (χ0n) is 10.8. The first kappa shape index (κ1) is 12.8. The summed E-state index contributed by atoms with van der Waals surface area (Å²) < 4.78 is 5.56. The molecule has 1 unspecified atom stereocenters. The summed E-state index contributed by atoms with van der Waals surface area (Å²) in [7, 11) is 1.64. The third kappa shape index (κ3) is 2.61. The molecule has 1 aromatic heterocycles. The van der Waals surface area contributed by atoms with E-state index in [1.54, 1.807) is 7.05 Å². The van der Waals surface area contributed by atoms with Crippen LogP contribution in [0, 0.1) is 0 Å². The maximum atomic E-state index is 11.7. The van der Waals surface area contributed by atoms with Gasteiger partial charge in [-0.2, -0.15) is 0 Å². The Balaban J connectivity index is 2.05. The normalized spacial score (nSPS) is 19.2. The number of likely N-dealkylation sites (N-methyl/N-ethyl adjacent to an activating group) is 1. The van der Waals surface area contributed by atoms with Crippen LogP contribution in [0.1, 0.15) is 25.7 Å². The summed E-state index contributed by atoms with van der Waals surface area (Å²) in [6, 6.07) is 0.247. The molecule has 1 fully saturated rings. The van der Waals surface area contributed by atoms with Crippen LogP contribution < -0.4 is 15.5 Å². The lowest BCUT2D eigenvalue weighted by molar-refractivity contribution is -0.121. The Morgan fingerprint density at radius 3 is 3.11 bits per heavy atom. The van der Waals surface area contributed by atoms with E-state index in [1.807, 2.05) is 11.8 Å². The molecule has 0 bridgehead atoms. The predicted molar refractivity (Wildman–Crippen MR) is 66.1 cm³/mol. The van der Waals surface area contributed by atoms with E-state index in [9.17, 15) is 4.79 Å². The monoisotopic (exact) mass is 253 g/mol. The molecule has 0 aromatic carbocycles. The SMILES string of the molecule is CCNCc1nnc(N2CCCC2C(=O)NC)o1. The zero-order valence-corrected chi connectivity index (χ0v) is 10.8. The Labute approximate surface area is 106 Å². The van der Waals surface area contributed by atoms with Crippen LogP contribution in [-0.4, -0.2) is 42.3 Å². The number of anilines is 1. The molecule has 2 N–H and O–H groups in total. The molecule has 7 heteroatoms. The average Bonchev–Trinajstić information content (AvgIpc) is 3.03. The maximum absolute atomic E-state index is 11.7. The number of rotatable bonds is 5. The maximum Gasteiger partial charge on any atom is 0.318 e. The molecule has 1 atom stereocenters. The van der Waals surface area contributed by atoms with Gasteiger partial charge in [0, 0.05) is 13.6 Å². The van der Waals surface area contributed by atoms with Gasteiger partial charge in [-0.05, 0) is 19.4 Å². The Hall–Kier alpha value is -1.63. The molecule has 0 saturated carbocycles. The summed E-state index contributed by atoms with van der Waals surface area (Å²) in [4.78, 5) is 13.6. The molecular formula is C11H19N5O2. The molecule has 2 rings (SSSR count). The van der Waals surface area contributed by atoms with Crippen LogP contribution in [0.5, 0.6) is 0 Å². The van der Waals surface area contributed by atoms with Gasteiger partial charge in [-0.25, -0.2) is 0 Å². The molecule has 1 aliphatic rings. The molecule has 0 radical (unpaired) electrons. The van der Waals surface area contributed by atoms with Gasteiger partial charge in [0.1, 0.15) is 6.04 Å². The molecule has 1 aliphatic heterocycles. The highest BCUT2D eigenvalue weighted by atomic mass is 16.4. The summed E-state index contributed by atoms with van der Waals surface area (Å²) in [5.74, 6) is 0.549. The Kier molecular flexibility index (Phi) is 4.14. The molecule has 2 heterocycles. The Morgan fingerprint density at radius 2 is 2.39 bits per heavy atom. The van der Waals surface area contributed by atoms with E-state index in [4.69, 9.17) is 4.42 Å². The van der Waals surface area contributed by atoms with E-state index in [2.05, 4.69) is 20.8 Å². The van der Waals surface area contributed by atoms with Gasteiger partial charge in [0.25, 0.3) is 0 Å². The van der Waals surface area contributed by atoms with Crippen LogP contribution in [0.4, 0.5) is 6.01 Å². The first-order valence-electron chi connectivity index (χ1n) is 6.27. The number of nitrogens with zero attached hydrogens (tertiary/aromatic N) is 3. The van der Waals surface area contributed by atoms with E-state index < -0.39 is 0 Å². The number of carbonyl (C=O) groups is 1. The van der Waals surface area contributed by atoms with Crippen LogP contribution in [0.15, 0.2) is 4.42 Å². The Morgan fingerprint density at radius 1 is 1.56 bits per heavy atom. The lowest BCUT2D eigenvalue weighted by Gasteiger charge is -2.20. The fraction of sp³-hybridized carbons (Fsp3) is 0.727. The lowest BCUT2D eigenvalue weighted by atomic mass is 10.2. The minimum Gasteiger partial charge on any atom is -0.407 e. The van der Waals surface area contributed by atoms with Gasteiger partial charge in [0.2, 0.25) is 11.8 Å². The first-order valence-corrected chi connectivity index (χ1v) is 6.27. The largest absolute Gasteiger partial charge is 0.407 e. The second-order valence-electron chi connectivity index (χ2n) is 4.22. The van der Waals surface area contributed by atoms with Crippen LogP contribution in [0.3, 0.4) is 0 Å². The van der Waals surface area contributed by atoms with Crippen LogP contribution in [0.2, 0.25) is 0 Å². The predicted octanol–water partition coefficient (Wildman–Crippen LogP) is -0.106. The van der Waals surface area contributed by atoms with Crippen molar-refractivity contribution in [3.63, 3.8) is 0 Å². The van der Waals surface area contributed by atoms with Gasteiger partial charge in [-0.15, -0.1) is 5.10 Å². The molecule has 1 saturated heterocycles. The molecule has 0 aliphatic carbocycles. The second-order valence-corrected chi connectivity index (χ2v) is 4.22. The van der Waals surface area contributed by atoms with Crippen molar-refractivity contribution < 1.29 is 9.21 Å². The van der Waals surface area contributed by atoms with Crippen molar-refractivity contribution >= 4 is 11.9 Å². The second kappa shape index (κ2) is 5.81. The highest BCUT2D eigenvalue weighted by Gasteiger charge is 2.33. The Bertz CT molecular complexity index is 406. The van der Waals surface area contributed by atoms with Gasteiger partial charge in [-0.3, -0.25) is 4.79 Å². The molecule has 18 heavy (non-hydrogen) atoms. The first-order chi connectivity index (χ1) is 8.76. The minimum atomic E-state index is -0.192. The van der Waals surface area contributed by atoms with Crippen molar-refractivity contribution in [2.45, 2.75) is 32.4 Å². The summed E-state index contributed by atoms with van der Waals surface area (Å²) in [5, 5.41) is 13.8. The zero-order chi connectivity index (χ0) is 13.0. The van der Waals surface area contributed by atoms with Gasteiger partial charge in [0.15, 0.2) is 0 Å². The fourth-order valence-electron chi connectivity index (χ4n) is 2.10. The number of carbonyl (C=O) groups excluding carboxylic acids is 1. The lowest BCUT2D eigenvalue weighted by Crippen LogP contribution is -2.42. The van der Waals surface area contributed by atoms with Gasteiger partial charge >= 0.3 is 6.01 Å². The summed E-state index contributed by atoms with van der Waals surface area (Å²) >= 11 is 0. The smallest absolute Gasteiger partial charge is 0.318 e. The van der Waals surface area contributed by atoms with E-state index in [-0.39, 0.29) is 11.9 Å². The van der Waals surface area contributed by atoms with Gasteiger partial charge < -0.3 is 20.0 Å². The van der Waals surface area contributed by atoms with E-state index >= 15 is 0 Å². The number of amides is 1. The van der Waals surface area contributed by atoms with Crippen LogP contribution >= 0.6 is 0 Å². The van der Waals surface area contributed by atoms with Crippen LogP contribution in [-0.2, 0) is 11.3 Å². The van der Waals surface area contributed by atoms with Crippen molar-refractivity contribution in [1.82, 2.24) is 20.8 Å². The van der Waals surface area contributed by atoms with Crippen molar-refractivity contribution in [2.24, 2.45) is 0 Å². The standard InChI is InChI=1S/C11H19N5O2/c1-3-13-7-9-14-15-11(18-9)16-6-4-5-8(16)10(17)12-2/h8,13H,3-7H2,1-2H3,(H,12,17). The summed E-state index contributed by atoms with van der Waals surface area (Å²) in [6.45, 7) is 4.20. The van der Waals surface area contributed by atoms with Crippen molar-refractivity contribution in [3.05, 3.63) is 5.89 Å². The summed E-state index contributed by atoms with van der Waals surface area (Å²) in [6.07, 6.45) is 1.79. The number of hydrogen-bond donors (Lipinski definition) is 2. The van der Waals surface area contributed by atoms with Crippen LogP contribution in [0.25, 0.3) is 0 Å². The van der Waals surface area contributed by atoms with E-state index in [0.29, 0.717) is 18.5 Å². The highest BCUT2D eigenvalue weighted by molar-refractivity contribution is 5.84. The average molecular weight is 253 g/mol. The molecule has 100 valence electrons. The third-order valence-electron chi connectivity index (χ3n) is 3.03. The van der Waals surface area contributed by atoms with E-state index in [1.165, 1.54) is 0 Å². The quantitative estimate of drug-likeness (QED) is 0.762. The van der Waals surface area contributed by atoms with Crippen molar-refractivity contribution in [3.8, 4) is 0 Å². The van der Waals surface area contributed by atoms with Crippen molar-refractivity contribution in [2.75, 3.05) is 25.0 Å². The highest BCUT2D eigenvalue weighted by Crippen LogP contribution is 2.24. The minimum absolute atomic E-state index is 0.000988. The van der Waals surface area contributed by atoms with Crippen molar-refractivity contribution in [1.29, 1.82) is 0 Å². The molecule has 7 nitrogen and oxygen atoms in total. The molecular weight excluding hydrogens is 234 g/mol. The number of nitrogens with one attached hydrogen (secondary N) is 2. The van der Waals surface area contributed by atoms with Gasteiger partial charge in [0.05, 0.1) is 6.54 Å². The summed E-state index contributed by atoms with van der Waals surface area (Å²) in [5.41, 5.74) is 0. The molecule has 1 aromatic rings. The molecule has 1 amide bonds. The third-order valence-corrected chi connectivity index (χ3v) is 3.03. The fourth-order valence-corrected chi connectivity index (χ4v) is 2.10. The van der Waals surface area contributed by atoms with E-state index in [0.717, 1.165) is 25.9 Å². The number of hydrogen-bond acceptors (Lipinski definition) is 6. The topological polar surface area (TPSA) is 83.3 Å². The van der Waals surface area contributed by atoms with Gasteiger partial charge in [-0.1, -0.05) is 12.0 Å². The number of aromatic nitrogens is 2. The molecule has 0 spiro atoms.